The van der Waals surface area contributed by atoms with Crippen LogP contribution >= 0.6 is 22.7 Å². The summed E-state index contributed by atoms with van der Waals surface area (Å²) in [4.78, 5) is 19.6. The number of carbonyl (C=O) groups is 1. The SMILES string of the molecule is Cc1nc(-c2csc(S(=O)(=O)NC3CC3)c2)sc1C(=O)N1CCCC1. The van der Waals surface area contributed by atoms with Gasteiger partial charge in [0, 0.05) is 30.1 Å². The van der Waals surface area contributed by atoms with Crippen molar-refractivity contribution in [2.75, 3.05) is 13.1 Å². The Morgan fingerprint density at radius 1 is 1.32 bits per heavy atom. The Morgan fingerprint density at radius 2 is 2.04 bits per heavy atom. The van der Waals surface area contributed by atoms with Crippen LogP contribution in [0.1, 0.15) is 41.0 Å². The van der Waals surface area contributed by atoms with Gasteiger partial charge in [-0.3, -0.25) is 4.79 Å². The zero-order valence-electron chi connectivity index (χ0n) is 13.8. The third-order valence-corrected chi connectivity index (χ3v) is 8.53. The highest BCUT2D eigenvalue weighted by Crippen LogP contribution is 2.34. The Bertz CT molecular complexity index is 906. The van der Waals surface area contributed by atoms with E-state index in [9.17, 15) is 13.2 Å². The Kier molecular flexibility index (Phi) is 4.43. The van der Waals surface area contributed by atoms with Crippen molar-refractivity contribution in [3.8, 4) is 10.6 Å². The smallest absolute Gasteiger partial charge is 0.265 e. The summed E-state index contributed by atoms with van der Waals surface area (Å²) < 4.78 is 27.6. The molecule has 9 heteroatoms. The van der Waals surface area contributed by atoms with Crippen molar-refractivity contribution in [1.82, 2.24) is 14.6 Å². The molecule has 2 aromatic rings. The van der Waals surface area contributed by atoms with Gasteiger partial charge in [-0.1, -0.05) is 0 Å². The molecule has 2 aliphatic rings. The number of likely N-dealkylation sites (tertiary alicyclic amines) is 1. The lowest BCUT2D eigenvalue weighted by Crippen LogP contribution is -2.27. The summed E-state index contributed by atoms with van der Waals surface area (Å²) in [5.41, 5.74) is 1.47. The lowest BCUT2D eigenvalue weighted by Gasteiger charge is -2.13. The molecule has 134 valence electrons. The number of aryl methyl sites for hydroxylation is 1. The highest BCUT2D eigenvalue weighted by Gasteiger charge is 2.29. The number of aromatic nitrogens is 1. The maximum Gasteiger partial charge on any atom is 0.265 e. The van der Waals surface area contributed by atoms with Crippen molar-refractivity contribution in [3.63, 3.8) is 0 Å². The zero-order valence-corrected chi connectivity index (χ0v) is 16.3. The van der Waals surface area contributed by atoms with Gasteiger partial charge in [0.1, 0.15) is 14.1 Å². The van der Waals surface area contributed by atoms with Gasteiger partial charge in [-0.05, 0) is 38.7 Å². The van der Waals surface area contributed by atoms with Crippen LogP contribution < -0.4 is 4.72 Å². The standard InChI is InChI=1S/C16H19N3O3S3/c1-10-14(16(20)19-6-2-3-7-19)24-15(17-10)11-8-13(23-9-11)25(21,22)18-12-4-5-12/h8-9,12,18H,2-7H2,1H3. The summed E-state index contributed by atoms with van der Waals surface area (Å²) >= 11 is 2.54. The van der Waals surface area contributed by atoms with Gasteiger partial charge in [0.2, 0.25) is 10.0 Å². The first-order valence-electron chi connectivity index (χ1n) is 8.32. The van der Waals surface area contributed by atoms with Gasteiger partial charge in [0.25, 0.3) is 5.91 Å². The van der Waals surface area contributed by atoms with Crippen molar-refractivity contribution in [3.05, 3.63) is 22.0 Å². The maximum absolute atomic E-state index is 12.6. The monoisotopic (exact) mass is 397 g/mol. The molecule has 0 atom stereocenters. The summed E-state index contributed by atoms with van der Waals surface area (Å²) in [5.74, 6) is 0.0391. The molecular formula is C16H19N3O3S3. The predicted octanol–water partition coefficient (Wildman–Crippen LogP) is 2.86. The van der Waals surface area contributed by atoms with E-state index in [-0.39, 0.29) is 11.9 Å². The van der Waals surface area contributed by atoms with Crippen LogP contribution in [-0.2, 0) is 10.0 Å². The number of hydrogen-bond acceptors (Lipinski definition) is 6. The minimum Gasteiger partial charge on any atom is -0.338 e. The van der Waals surface area contributed by atoms with Crippen LogP contribution in [0.25, 0.3) is 10.6 Å². The van der Waals surface area contributed by atoms with Crippen molar-refractivity contribution < 1.29 is 13.2 Å². The minimum absolute atomic E-state index is 0.0391. The number of nitrogens with one attached hydrogen (secondary N) is 1. The second kappa shape index (κ2) is 6.46. The Labute approximate surface area is 154 Å². The third kappa shape index (κ3) is 3.51. The first-order chi connectivity index (χ1) is 11.9. The molecule has 0 unspecified atom stereocenters. The molecule has 6 nitrogen and oxygen atoms in total. The molecule has 1 N–H and O–H groups in total. The highest BCUT2D eigenvalue weighted by molar-refractivity contribution is 7.91. The molecule has 1 amide bonds. The molecule has 0 aromatic carbocycles. The molecule has 2 aromatic heterocycles. The quantitative estimate of drug-likeness (QED) is 0.841. The van der Waals surface area contributed by atoms with Crippen LogP contribution in [0.2, 0.25) is 0 Å². The lowest BCUT2D eigenvalue weighted by atomic mass is 10.3. The molecule has 2 fully saturated rings. The number of nitrogens with zero attached hydrogens (tertiary/aromatic N) is 2. The summed E-state index contributed by atoms with van der Waals surface area (Å²) in [6.07, 6.45) is 3.92. The zero-order chi connectivity index (χ0) is 17.6. The van der Waals surface area contributed by atoms with Crippen molar-refractivity contribution in [2.45, 2.75) is 42.9 Å². The first kappa shape index (κ1) is 17.1. The van der Waals surface area contributed by atoms with Crippen LogP contribution in [0, 0.1) is 6.92 Å². The molecule has 0 radical (unpaired) electrons. The number of sulfonamides is 1. The van der Waals surface area contributed by atoms with Gasteiger partial charge >= 0.3 is 0 Å². The largest absolute Gasteiger partial charge is 0.338 e. The van der Waals surface area contributed by atoms with Crippen molar-refractivity contribution in [1.29, 1.82) is 0 Å². The van der Waals surface area contributed by atoms with E-state index in [1.807, 2.05) is 11.8 Å². The van der Waals surface area contributed by atoms with Crippen molar-refractivity contribution >= 4 is 38.6 Å². The van der Waals surface area contributed by atoms with Crippen LogP contribution in [0.5, 0.6) is 0 Å². The number of thiazole rings is 1. The fraction of sp³-hybridized carbons (Fsp3) is 0.500. The van der Waals surface area contributed by atoms with Gasteiger partial charge in [0.05, 0.1) is 5.69 Å². The average Bonchev–Trinajstić information content (AvgIpc) is 3.05. The van der Waals surface area contributed by atoms with Gasteiger partial charge in [-0.25, -0.2) is 18.1 Å². The van der Waals surface area contributed by atoms with Gasteiger partial charge in [-0.2, -0.15) is 0 Å². The first-order valence-corrected chi connectivity index (χ1v) is 11.5. The second-order valence-corrected chi connectivity index (χ2v) is 10.3. The number of thiophene rings is 1. The van der Waals surface area contributed by atoms with E-state index in [0.29, 0.717) is 19.8 Å². The third-order valence-electron chi connectivity index (χ3n) is 4.37. The fourth-order valence-corrected chi connectivity index (χ4v) is 6.41. The molecule has 1 saturated heterocycles. The normalized spacial score (nSPS) is 18.0. The van der Waals surface area contributed by atoms with E-state index in [1.54, 1.807) is 11.4 Å². The molecule has 1 aliphatic heterocycles. The molecule has 0 bridgehead atoms. The van der Waals surface area contributed by atoms with E-state index in [0.717, 1.165) is 44.3 Å². The Morgan fingerprint density at radius 3 is 2.72 bits per heavy atom. The topological polar surface area (TPSA) is 79.4 Å². The van der Waals surface area contributed by atoms with E-state index in [1.165, 1.54) is 22.7 Å². The van der Waals surface area contributed by atoms with Gasteiger partial charge in [0.15, 0.2) is 0 Å². The van der Waals surface area contributed by atoms with Crippen LogP contribution in [0.3, 0.4) is 0 Å². The summed E-state index contributed by atoms with van der Waals surface area (Å²) in [5, 5.41) is 2.49. The van der Waals surface area contributed by atoms with Gasteiger partial charge < -0.3 is 4.90 Å². The number of amides is 1. The minimum atomic E-state index is -3.45. The molecule has 0 spiro atoms. The van der Waals surface area contributed by atoms with E-state index in [4.69, 9.17) is 0 Å². The molecule has 25 heavy (non-hydrogen) atoms. The van der Waals surface area contributed by atoms with E-state index >= 15 is 0 Å². The van der Waals surface area contributed by atoms with Crippen molar-refractivity contribution in [2.24, 2.45) is 0 Å². The van der Waals surface area contributed by atoms with Gasteiger partial charge in [-0.15, -0.1) is 22.7 Å². The second-order valence-electron chi connectivity index (χ2n) is 6.48. The molecule has 4 rings (SSSR count). The predicted molar refractivity (Wildman–Crippen MR) is 98.6 cm³/mol. The Hall–Kier alpha value is -1.29. The fourth-order valence-electron chi connectivity index (χ4n) is 2.83. The molecule has 1 aliphatic carbocycles. The number of rotatable bonds is 5. The number of hydrogen-bond donors (Lipinski definition) is 1. The average molecular weight is 398 g/mol. The van der Waals surface area contributed by atoms with Crippen LogP contribution in [0.15, 0.2) is 15.7 Å². The summed E-state index contributed by atoms with van der Waals surface area (Å²) in [6.45, 7) is 3.44. The van der Waals surface area contributed by atoms with E-state index in [2.05, 4.69) is 9.71 Å². The number of carbonyl (C=O) groups excluding carboxylic acids is 1. The molecule has 1 saturated carbocycles. The van der Waals surface area contributed by atoms with Crippen LogP contribution in [0.4, 0.5) is 0 Å². The lowest BCUT2D eigenvalue weighted by molar-refractivity contribution is 0.0796. The summed E-state index contributed by atoms with van der Waals surface area (Å²) in [7, 11) is -3.45. The molecular weight excluding hydrogens is 378 g/mol. The van der Waals surface area contributed by atoms with Crippen LogP contribution in [-0.4, -0.2) is 43.3 Å². The summed E-state index contributed by atoms with van der Waals surface area (Å²) in [6, 6.07) is 1.74. The maximum atomic E-state index is 12.6. The Balaban J connectivity index is 1.58. The van der Waals surface area contributed by atoms with E-state index < -0.39 is 10.0 Å². The molecule has 3 heterocycles. The highest BCUT2D eigenvalue weighted by atomic mass is 32.2.